The Hall–Kier alpha value is -2.36. The number of aromatic nitrogens is 1. The Bertz CT molecular complexity index is 782. The zero-order valence-electron chi connectivity index (χ0n) is 14.9. The van der Waals surface area contributed by atoms with E-state index in [1.165, 1.54) is 38.5 Å². The molecule has 26 heavy (non-hydrogen) atoms. The van der Waals surface area contributed by atoms with Gasteiger partial charge in [0.15, 0.2) is 0 Å². The lowest BCUT2D eigenvalue weighted by Gasteiger charge is -2.56. The first-order chi connectivity index (χ1) is 12.7. The second-order valence-corrected chi connectivity index (χ2v) is 8.57. The van der Waals surface area contributed by atoms with Gasteiger partial charge in [0, 0.05) is 22.9 Å². The fourth-order valence-electron chi connectivity index (χ4n) is 6.01. The first-order valence-electron chi connectivity index (χ1n) is 9.78. The van der Waals surface area contributed by atoms with Crippen molar-refractivity contribution in [3.8, 4) is 0 Å². The molecule has 2 N–H and O–H groups in total. The Labute approximate surface area is 154 Å². The number of hydrogen-bond donors (Lipinski definition) is 2. The Morgan fingerprint density at radius 2 is 1.62 bits per heavy atom. The highest BCUT2D eigenvalue weighted by molar-refractivity contribution is 5.94. The lowest BCUT2D eigenvalue weighted by Crippen LogP contribution is -2.49. The molecule has 1 aromatic carbocycles. The Kier molecular flexibility index (Phi) is 3.73. The predicted octanol–water partition coefficient (Wildman–Crippen LogP) is 4.31. The van der Waals surface area contributed by atoms with Gasteiger partial charge in [-0.15, -0.1) is 0 Å². The number of carbonyl (C=O) groups excluding carboxylic acids is 1. The third-order valence-corrected chi connectivity index (χ3v) is 6.70. The maximum absolute atomic E-state index is 12.6. The lowest BCUT2D eigenvalue weighted by atomic mass is 9.48. The van der Waals surface area contributed by atoms with Gasteiger partial charge in [0.2, 0.25) is 0 Å². The molecule has 2 aromatic rings. The highest BCUT2D eigenvalue weighted by Crippen LogP contribution is 2.60. The van der Waals surface area contributed by atoms with Crippen molar-refractivity contribution >= 4 is 11.6 Å². The summed E-state index contributed by atoms with van der Waals surface area (Å²) in [5.74, 6) is 2.52. The van der Waals surface area contributed by atoms with E-state index in [1.807, 2.05) is 48.7 Å². The normalized spacial score (nSPS) is 31.6. The van der Waals surface area contributed by atoms with Crippen LogP contribution in [0.25, 0.3) is 0 Å². The first kappa shape index (κ1) is 15.9. The number of para-hydroxylation sites is 1. The van der Waals surface area contributed by atoms with Crippen LogP contribution in [-0.4, -0.2) is 10.9 Å². The summed E-state index contributed by atoms with van der Waals surface area (Å²) >= 11 is 0. The minimum atomic E-state index is -0.109. The summed E-state index contributed by atoms with van der Waals surface area (Å²) in [6.07, 6.45) is 9.85. The van der Waals surface area contributed by atoms with Gasteiger partial charge in [-0.25, -0.2) is 0 Å². The molecule has 4 saturated carbocycles. The molecule has 4 aliphatic carbocycles. The van der Waals surface area contributed by atoms with Gasteiger partial charge in [-0.2, -0.15) is 0 Å². The molecule has 0 atom stereocenters. The number of pyridine rings is 1. The van der Waals surface area contributed by atoms with E-state index in [0.29, 0.717) is 5.56 Å². The number of hydrogen-bond acceptors (Lipinski definition) is 3. The van der Waals surface area contributed by atoms with Crippen LogP contribution in [0.15, 0.2) is 48.7 Å². The number of nitrogens with zero attached hydrogens (tertiary/aromatic N) is 1. The fourth-order valence-corrected chi connectivity index (χ4v) is 6.01. The summed E-state index contributed by atoms with van der Waals surface area (Å²) in [5, 5.41) is 0. The molecule has 0 radical (unpaired) electrons. The van der Waals surface area contributed by atoms with Gasteiger partial charge in [-0.05, 0) is 80.5 Å². The topological polar surface area (TPSA) is 54.0 Å². The molecular formula is C22H25N3O. The summed E-state index contributed by atoms with van der Waals surface area (Å²) in [4.78, 5) is 17.3. The van der Waals surface area contributed by atoms with Gasteiger partial charge in [-0.3, -0.25) is 20.6 Å². The summed E-state index contributed by atoms with van der Waals surface area (Å²) in [6.45, 7) is 0. The van der Waals surface area contributed by atoms with E-state index >= 15 is 0 Å². The van der Waals surface area contributed by atoms with Gasteiger partial charge >= 0.3 is 0 Å². The fraction of sp³-hybridized carbons (Fsp3) is 0.455. The maximum Gasteiger partial charge on any atom is 0.269 e. The first-order valence-corrected chi connectivity index (χ1v) is 9.78. The zero-order valence-corrected chi connectivity index (χ0v) is 14.9. The summed E-state index contributed by atoms with van der Waals surface area (Å²) in [6, 6.07) is 13.5. The lowest BCUT2D eigenvalue weighted by molar-refractivity contribution is -0.00721. The van der Waals surface area contributed by atoms with E-state index in [0.717, 1.165) is 29.1 Å². The smallest absolute Gasteiger partial charge is 0.269 e. The number of amides is 1. The van der Waals surface area contributed by atoms with Crippen molar-refractivity contribution in [2.45, 2.75) is 43.9 Å². The number of hydrazine groups is 1. The zero-order chi connectivity index (χ0) is 17.6. The van der Waals surface area contributed by atoms with Crippen molar-refractivity contribution in [2.75, 3.05) is 5.43 Å². The molecule has 4 bridgehead atoms. The molecule has 4 heteroatoms. The van der Waals surface area contributed by atoms with Crippen molar-refractivity contribution < 1.29 is 4.79 Å². The van der Waals surface area contributed by atoms with E-state index in [1.54, 1.807) is 0 Å². The molecule has 0 spiro atoms. The summed E-state index contributed by atoms with van der Waals surface area (Å²) in [5.41, 5.74) is 8.70. The Balaban J connectivity index is 1.35. The SMILES string of the molecule is O=C(NNc1ccccc1)c1ccnc(C23CC4CC(CC(C4)C2)C3)c1. The van der Waals surface area contributed by atoms with Crippen LogP contribution in [-0.2, 0) is 5.41 Å². The largest absolute Gasteiger partial charge is 0.298 e. The van der Waals surface area contributed by atoms with Gasteiger partial charge in [0.05, 0.1) is 5.69 Å². The predicted molar refractivity (Wildman–Crippen MR) is 102 cm³/mol. The van der Waals surface area contributed by atoms with Crippen LogP contribution in [0.4, 0.5) is 5.69 Å². The van der Waals surface area contributed by atoms with Crippen LogP contribution in [0, 0.1) is 17.8 Å². The Morgan fingerprint density at radius 1 is 0.962 bits per heavy atom. The van der Waals surface area contributed by atoms with Gasteiger partial charge in [0.1, 0.15) is 0 Å². The number of rotatable bonds is 4. The highest BCUT2D eigenvalue weighted by Gasteiger charge is 2.52. The molecule has 1 heterocycles. The molecule has 134 valence electrons. The van der Waals surface area contributed by atoms with E-state index in [4.69, 9.17) is 4.98 Å². The average molecular weight is 347 g/mol. The van der Waals surface area contributed by atoms with Crippen molar-refractivity contribution in [1.29, 1.82) is 0 Å². The van der Waals surface area contributed by atoms with Crippen molar-refractivity contribution in [3.63, 3.8) is 0 Å². The molecule has 1 aromatic heterocycles. The van der Waals surface area contributed by atoms with Crippen LogP contribution in [0.1, 0.15) is 54.6 Å². The van der Waals surface area contributed by atoms with Crippen LogP contribution >= 0.6 is 0 Å². The molecule has 4 nitrogen and oxygen atoms in total. The molecule has 0 saturated heterocycles. The minimum absolute atomic E-state index is 0.109. The second-order valence-electron chi connectivity index (χ2n) is 8.57. The standard InChI is InChI=1S/C22H25N3O/c26-21(25-24-19-4-2-1-3-5-19)18-6-7-23-20(11-18)22-12-15-8-16(13-22)10-17(9-15)14-22/h1-7,11,15-17,24H,8-10,12-14H2,(H,25,26). The van der Waals surface area contributed by atoms with Crippen LogP contribution in [0.3, 0.4) is 0 Å². The van der Waals surface area contributed by atoms with Crippen molar-refractivity contribution in [2.24, 2.45) is 17.8 Å². The van der Waals surface area contributed by atoms with Crippen molar-refractivity contribution in [1.82, 2.24) is 10.4 Å². The number of anilines is 1. The molecule has 1 amide bonds. The second kappa shape index (κ2) is 6.11. The van der Waals surface area contributed by atoms with E-state index in [-0.39, 0.29) is 11.3 Å². The van der Waals surface area contributed by atoms with Gasteiger partial charge in [-0.1, -0.05) is 18.2 Å². The molecular weight excluding hydrogens is 322 g/mol. The number of carbonyl (C=O) groups is 1. The molecule has 6 rings (SSSR count). The summed E-state index contributed by atoms with van der Waals surface area (Å²) < 4.78 is 0. The third kappa shape index (κ3) is 2.77. The van der Waals surface area contributed by atoms with Crippen LogP contribution in [0.5, 0.6) is 0 Å². The van der Waals surface area contributed by atoms with Crippen LogP contribution in [0.2, 0.25) is 0 Å². The Morgan fingerprint density at radius 3 is 2.27 bits per heavy atom. The van der Waals surface area contributed by atoms with E-state index in [9.17, 15) is 4.79 Å². The maximum atomic E-state index is 12.6. The highest BCUT2D eigenvalue weighted by atomic mass is 16.2. The molecule has 4 fully saturated rings. The third-order valence-electron chi connectivity index (χ3n) is 6.70. The molecule has 0 unspecified atom stereocenters. The van der Waals surface area contributed by atoms with Gasteiger partial charge in [0.25, 0.3) is 5.91 Å². The molecule has 4 aliphatic rings. The quantitative estimate of drug-likeness (QED) is 0.811. The summed E-state index contributed by atoms with van der Waals surface area (Å²) in [7, 11) is 0. The average Bonchev–Trinajstić information content (AvgIpc) is 2.66. The monoisotopic (exact) mass is 347 g/mol. The van der Waals surface area contributed by atoms with Crippen molar-refractivity contribution in [3.05, 3.63) is 59.9 Å². The number of nitrogens with one attached hydrogen (secondary N) is 2. The number of benzene rings is 1. The minimum Gasteiger partial charge on any atom is -0.298 e. The molecule has 0 aliphatic heterocycles. The van der Waals surface area contributed by atoms with E-state index < -0.39 is 0 Å². The van der Waals surface area contributed by atoms with Gasteiger partial charge < -0.3 is 0 Å². The van der Waals surface area contributed by atoms with Crippen LogP contribution < -0.4 is 10.9 Å². The van der Waals surface area contributed by atoms with E-state index in [2.05, 4.69) is 10.9 Å².